The molecule has 6 nitrogen and oxygen atoms in total. The van der Waals surface area contributed by atoms with Crippen LogP contribution in [-0.4, -0.2) is 34.7 Å². The van der Waals surface area contributed by atoms with Crippen LogP contribution in [0.25, 0.3) is 5.69 Å². The SMILES string of the molecule is Cc1nn(-c2ccccc2)cc1CCCNC(=O)CCNC(=O)C1CC1C. The van der Waals surface area contributed by atoms with Crippen LogP contribution < -0.4 is 10.6 Å². The first-order valence-corrected chi connectivity index (χ1v) is 9.69. The van der Waals surface area contributed by atoms with Crippen molar-refractivity contribution in [2.24, 2.45) is 11.8 Å². The lowest BCUT2D eigenvalue weighted by Crippen LogP contribution is -2.32. The normalized spacial score (nSPS) is 18.1. The molecule has 0 saturated heterocycles. The molecule has 2 aromatic rings. The first-order valence-electron chi connectivity index (χ1n) is 9.69. The zero-order chi connectivity index (χ0) is 19.2. The minimum Gasteiger partial charge on any atom is -0.356 e. The lowest BCUT2D eigenvalue weighted by molar-refractivity contribution is -0.123. The predicted octanol–water partition coefficient (Wildman–Crippen LogP) is 2.39. The van der Waals surface area contributed by atoms with Crippen LogP contribution in [0.1, 0.15) is 37.4 Å². The summed E-state index contributed by atoms with van der Waals surface area (Å²) in [6.45, 7) is 5.12. The molecule has 2 N–H and O–H groups in total. The third-order valence-corrected chi connectivity index (χ3v) is 5.06. The van der Waals surface area contributed by atoms with E-state index in [0.29, 0.717) is 25.4 Å². The zero-order valence-electron chi connectivity index (χ0n) is 16.1. The van der Waals surface area contributed by atoms with Crippen molar-refractivity contribution in [2.45, 2.75) is 39.5 Å². The lowest BCUT2D eigenvalue weighted by atomic mass is 10.1. The maximum atomic E-state index is 11.9. The van der Waals surface area contributed by atoms with Crippen molar-refractivity contribution in [1.29, 1.82) is 0 Å². The van der Waals surface area contributed by atoms with Gasteiger partial charge in [0, 0.05) is 31.6 Å². The largest absolute Gasteiger partial charge is 0.356 e. The number of nitrogens with one attached hydrogen (secondary N) is 2. The number of rotatable bonds is 9. The van der Waals surface area contributed by atoms with E-state index in [1.54, 1.807) is 0 Å². The molecule has 1 saturated carbocycles. The third kappa shape index (κ3) is 5.42. The Kier molecular flexibility index (Phi) is 6.27. The molecule has 1 aromatic heterocycles. The number of carbonyl (C=O) groups is 2. The number of nitrogens with zero attached hydrogens (tertiary/aromatic N) is 2. The second kappa shape index (κ2) is 8.84. The molecule has 2 unspecified atom stereocenters. The monoisotopic (exact) mass is 368 g/mol. The molecule has 0 aliphatic heterocycles. The van der Waals surface area contributed by atoms with Crippen LogP contribution in [-0.2, 0) is 16.0 Å². The number of aryl methyl sites for hydroxylation is 2. The topological polar surface area (TPSA) is 76.0 Å². The highest BCUT2D eigenvalue weighted by molar-refractivity contribution is 5.82. The molecule has 0 radical (unpaired) electrons. The van der Waals surface area contributed by atoms with Gasteiger partial charge in [0.25, 0.3) is 0 Å². The first kappa shape index (κ1) is 19.1. The third-order valence-electron chi connectivity index (χ3n) is 5.06. The smallest absolute Gasteiger partial charge is 0.223 e. The van der Waals surface area contributed by atoms with Crippen molar-refractivity contribution in [3.8, 4) is 5.69 Å². The van der Waals surface area contributed by atoms with Gasteiger partial charge in [-0.25, -0.2) is 4.68 Å². The Bertz CT molecular complexity index is 785. The highest BCUT2D eigenvalue weighted by atomic mass is 16.2. The zero-order valence-corrected chi connectivity index (χ0v) is 16.1. The van der Waals surface area contributed by atoms with Crippen molar-refractivity contribution in [1.82, 2.24) is 20.4 Å². The molecule has 3 rings (SSSR count). The van der Waals surface area contributed by atoms with Gasteiger partial charge < -0.3 is 10.6 Å². The van der Waals surface area contributed by atoms with Crippen LogP contribution in [0.2, 0.25) is 0 Å². The summed E-state index contributed by atoms with van der Waals surface area (Å²) in [6.07, 6.45) is 5.09. The van der Waals surface area contributed by atoms with E-state index in [0.717, 1.165) is 30.6 Å². The van der Waals surface area contributed by atoms with Gasteiger partial charge in [0.05, 0.1) is 11.4 Å². The number of hydrogen-bond donors (Lipinski definition) is 2. The molecule has 0 bridgehead atoms. The average Bonchev–Trinajstić information content (AvgIpc) is 3.29. The fraction of sp³-hybridized carbons (Fsp3) is 0.476. The summed E-state index contributed by atoms with van der Waals surface area (Å²) in [5.41, 5.74) is 3.25. The molecule has 1 heterocycles. The van der Waals surface area contributed by atoms with Gasteiger partial charge in [0.1, 0.15) is 0 Å². The number of aromatic nitrogens is 2. The van der Waals surface area contributed by atoms with Gasteiger partial charge in [-0.05, 0) is 49.8 Å². The van der Waals surface area contributed by atoms with Gasteiger partial charge in [-0.1, -0.05) is 25.1 Å². The Balaban J connectivity index is 1.33. The summed E-state index contributed by atoms with van der Waals surface area (Å²) in [5.74, 6) is 0.721. The highest BCUT2D eigenvalue weighted by Crippen LogP contribution is 2.37. The number of benzene rings is 1. The minimum absolute atomic E-state index is 0.0177. The summed E-state index contributed by atoms with van der Waals surface area (Å²) < 4.78 is 1.90. The molecule has 1 fully saturated rings. The quantitative estimate of drug-likeness (QED) is 0.667. The lowest BCUT2D eigenvalue weighted by Gasteiger charge is -2.06. The Morgan fingerprint density at radius 2 is 1.93 bits per heavy atom. The Morgan fingerprint density at radius 1 is 1.19 bits per heavy atom. The van der Waals surface area contributed by atoms with E-state index in [-0.39, 0.29) is 17.7 Å². The number of hydrogen-bond acceptors (Lipinski definition) is 3. The summed E-state index contributed by atoms with van der Waals surface area (Å²) in [7, 11) is 0. The van der Waals surface area contributed by atoms with E-state index in [9.17, 15) is 9.59 Å². The molecule has 6 heteroatoms. The van der Waals surface area contributed by atoms with Gasteiger partial charge in [-0.15, -0.1) is 0 Å². The van der Waals surface area contributed by atoms with E-state index >= 15 is 0 Å². The number of para-hydroxylation sites is 1. The molecule has 27 heavy (non-hydrogen) atoms. The second-order valence-corrected chi connectivity index (χ2v) is 7.33. The van der Waals surface area contributed by atoms with Crippen molar-refractivity contribution in [3.63, 3.8) is 0 Å². The first-order chi connectivity index (χ1) is 13.0. The van der Waals surface area contributed by atoms with Crippen molar-refractivity contribution in [2.75, 3.05) is 13.1 Å². The molecule has 1 aliphatic carbocycles. The molecule has 144 valence electrons. The molecule has 1 aromatic carbocycles. The number of carbonyl (C=O) groups excluding carboxylic acids is 2. The maximum Gasteiger partial charge on any atom is 0.223 e. The van der Waals surface area contributed by atoms with Crippen LogP contribution in [0.15, 0.2) is 36.5 Å². The summed E-state index contributed by atoms with van der Waals surface area (Å²) in [5, 5.41) is 10.3. The number of amides is 2. The van der Waals surface area contributed by atoms with E-state index in [1.807, 2.05) is 41.9 Å². The minimum atomic E-state index is -0.0177. The summed E-state index contributed by atoms with van der Waals surface area (Å²) in [6, 6.07) is 10.0. The summed E-state index contributed by atoms with van der Waals surface area (Å²) in [4.78, 5) is 23.6. The fourth-order valence-corrected chi connectivity index (χ4v) is 3.17. The Hall–Kier alpha value is -2.63. The average molecular weight is 368 g/mol. The Morgan fingerprint density at radius 3 is 2.63 bits per heavy atom. The predicted molar refractivity (Wildman–Crippen MR) is 105 cm³/mol. The van der Waals surface area contributed by atoms with Gasteiger partial charge in [-0.3, -0.25) is 9.59 Å². The molecule has 2 atom stereocenters. The molecule has 2 amide bonds. The van der Waals surface area contributed by atoms with Gasteiger partial charge in [-0.2, -0.15) is 5.10 Å². The standard InChI is InChI=1S/C21H28N4O2/c1-15-13-19(15)21(27)23-12-10-20(26)22-11-6-7-17-14-25(24-16(17)2)18-8-4-3-5-9-18/h3-5,8-9,14-15,19H,6-7,10-13H2,1-2H3,(H,22,26)(H,23,27). The van der Waals surface area contributed by atoms with E-state index in [4.69, 9.17) is 0 Å². The van der Waals surface area contributed by atoms with Crippen LogP contribution in [0, 0.1) is 18.8 Å². The van der Waals surface area contributed by atoms with E-state index in [2.05, 4.69) is 28.9 Å². The highest BCUT2D eigenvalue weighted by Gasteiger charge is 2.38. The molecular formula is C21H28N4O2. The van der Waals surface area contributed by atoms with E-state index in [1.165, 1.54) is 5.56 Å². The van der Waals surface area contributed by atoms with E-state index < -0.39 is 0 Å². The van der Waals surface area contributed by atoms with Crippen LogP contribution >= 0.6 is 0 Å². The van der Waals surface area contributed by atoms with Gasteiger partial charge in [0.15, 0.2) is 0 Å². The van der Waals surface area contributed by atoms with Crippen molar-refractivity contribution in [3.05, 3.63) is 47.8 Å². The maximum absolute atomic E-state index is 11.9. The van der Waals surface area contributed by atoms with Crippen LogP contribution in [0.5, 0.6) is 0 Å². The van der Waals surface area contributed by atoms with Crippen molar-refractivity contribution >= 4 is 11.8 Å². The van der Waals surface area contributed by atoms with Crippen LogP contribution in [0.4, 0.5) is 0 Å². The molecule has 1 aliphatic rings. The molecule has 0 spiro atoms. The summed E-state index contributed by atoms with van der Waals surface area (Å²) >= 11 is 0. The van der Waals surface area contributed by atoms with Gasteiger partial charge in [0.2, 0.25) is 11.8 Å². The Labute approximate surface area is 160 Å². The molecular weight excluding hydrogens is 340 g/mol. The van der Waals surface area contributed by atoms with Gasteiger partial charge >= 0.3 is 0 Å². The second-order valence-electron chi connectivity index (χ2n) is 7.33. The fourth-order valence-electron chi connectivity index (χ4n) is 3.17. The van der Waals surface area contributed by atoms with Crippen LogP contribution in [0.3, 0.4) is 0 Å². The van der Waals surface area contributed by atoms with Crippen molar-refractivity contribution < 1.29 is 9.59 Å².